The molecule has 0 N–H and O–H groups in total. The predicted octanol–water partition coefficient (Wildman–Crippen LogP) is 4.24. The van der Waals surface area contributed by atoms with Crippen molar-refractivity contribution in [3.05, 3.63) is 59.7 Å². The van der Waals surface area contributed by atoms with Crippen molar-refractivity contribution >= 4 is 23.4 Å². The zero-order chi connectivity index (χ0) is 20.5. The van der Waals surface area contributed by atoms with Crippen LogP contribution in [-0.2, 0) is 11.2 Å². The molecule has 0 spiro atoms. The van der Waals surface area contributed by atoms with E-state index in [4.69, 9.17) is 0 Å². The number of para-hydroxylation sites is 1. The summed E-state index contributed by atoms with van der Waals surface area (Å²) < 4.78 is 1.69. The summed E-state index contributed by atoms with van der Waals surface area (Å²) >= 11 is 1.39. The van der Waals surface area contributed by atoms with E-state index in [1.54, 1.807) is 4.68 Å². The molecule has 2 aromatic carbocycles. The number of benzene rings is 2. The number of carbonyl (C=O) groups excluding carboxylic acids is 1. The topological polar surface area (TPSA) is 63.9 Å². The molecule has 0 saturated carbocycles. The molecular formula is C22H25N5OS. The van der Waals surface area contributed by atoms with Crippen LogP contribution in [0.5, 0.6) is 0 Å². The van der Waals surface area contributed by atoms with Crippen LogP contribution >= 0.6 is 11.8 Å². The fourth-order valence-corrected chi connectivity index (χ4v) is 4.58. The third kappa shape index (κ3) is 3.79. The smallest absolute Gasteiger partial charge is 0.240 e. The lowest BCUT2D eigenvalue weighted by Crippen LogP contribution is -2.40. The molecule has 2 heterocycles. The molecule has 1 aliphatic rings. The second-order valence-corrected chi connectivity index (χ2v) is 9.08. The molecule has 0 radical (unpaired) electrons. The van der Waals surface area contributed by atoms with Crippen LogP contribution in [0.25, 0.3) is 5.69 Å². The minimum absolute atomic E-state index is 0.0807. The number of thioether (sulfide) groups is 1. The van der Waals surface area contributed by atoms with Gasteiger partial charge in [-0.15, -0.1) is 5.10 Å². The maximum Gasteiger partial charge on any atom is 0.240 e. The molecule has 1 aliphatic heterocycles. The van der Waals surface area contributed by atoms with Crippen LogP contribution in [0.15, 0.2) is 53.7 Å². The number of tetrazole rings is 1. The van der Waals surface area contributed by atoms with Crippen LogP contribution in [-0.4, -0.2) is 37.4 Å². The lowest BCUT2D eigenvalue weighted by Gasteiger charge is -2.25. The summed E-state index contributed by atoms with van der Waals surface area (Å²) in [6.45, 7) is 8.34. The Morgan fingerprint density at radius 2 is 1.83 bits per heavy atom. The predicted molar refractivity (Wildman–Crippen MR) is 116 cm³/mol. The Bertz CT molecular complexity index is 1010. The van der Waals surface area contributed by atoms with E-state index in [0.29, 0.717) is 11.1 Å². The Kier molecular flexibility index (Phi) is 5.41. The molecule has 150 valence electrons. The minimum Gasteiger partial charge on any atom is -0.308 e. The van der Waals surface area contributed by atoms with Crippen LogP contribution in [0.1, 0.15) is 44.7 Å². The summed E-state index contributed by atoms with van der Waals surface area (Å²) in [5.41, 5.74) is 4.39. The fourth-order valence-electron chi connectivity index (χ4n) is 3.72. The molecule has 0 unspecified atom stereocenters. The number of fused-ring (bicyclic) bond motifs is 1. The molecule has 1 aromatic heterocycles. The number of nitrogens with zero attached hydrogens (tertiary/aromatic N) is 5. The van der Waals surface area contributed by atoms with Crippen molar-refractivity contribution < 1.29 is 4.79 Å². The summed E-state index contributed by atoms with van der Waals surface area (Å²) in [4.78, 5) is 15.2. The van der Waals surface area contributed by atoms with E-state index in [1.807, 2.05) is 42.2 Å². The van der Waals surface area contributed by atoms with Gasteiger partial charge >= 0.3 is 0 Å². The van der Waals surface area contributed by atoms with Gasteiger partial charge in [0.05, 0.1) is 10.9 Å². The molecular weight excluding hydrogens is 382 g/mol. The molecule has 2 atom stereocenters. The van der Waals surface area contributed by atoms with Gasteiger partial charge in [-0.3, -0.25) is 4.79 Å². The van der Waals surface area contributed by atoms with Gasteiger partial charge in [-0.05, 0) is 65.9 Å². The van der Waals surface area contributed by atoms with E-state index in [-0.39, 0.29) is 17.2 Å². The number of hydrogen-bond acceptors (Lipinski definition) is 5. The number of hydrogen-bond donors (Lipinski definition) is 0. The molecule has 3 aromatic rings. The third-order valence-corrected chi connectivity index (χ3v) is 6.34. The standard InChI is InChI=1S/C22H25N5OS/c1-14(2)17-9-11-19(12-10-17)27-22(23-24-25-27)29-16(4)21(28)26-15(3)13-18-7-5-6-8-20(18)26/h5-12,14-16H,13H2,1-4H3/t15-,16+/m1/s1. The van der Waals surface area contributed by atoms with Crippen LogP contribution in [0.3, 0.4) is 0 Å². The average molecular weight is 408 g/mol. The maximum absolute atomic E-state index is 13.2. The van der Waals surface area contributed by atoms with E-state index in [2.05, 4.69) is 54.5 Å². The van der Waals surface area contributed by atoms with E-state index in [9.17, 15) is 4.79 Å². The molecule has 0 saturated heterocycles. The Hall–Kier alpha value is -2.67. The molecule has 6 nitrogen and oxygen atoms in total. The lowest BCUT2D eigenvalue weighted by molar-refractivity contribution is -0.118. The van der Waals surface area contributed by atoms with Gasteiger partial charge in [-0.1, -0.05) is 55.9 Å². The highest BCUT2D eigenvalue weighted by Crippen LogP contribution is 2.34. The van der Waals surface area contributed by atoms with Gasteiger partial charge in [0.25, 0.3) is 0 Å². The quantitative estimate of drug-likeness (QED) is 0.592. The van der Waals surface area contributed by atoms with E-state index in [0.717, 1.165) is 17.8 Å². The summed E-state index contributed by atoms with van der Waals surface area (Å²) in [5.74, 6) is 0.548. The van der Waals surface area contributed by atoms with Crippen molar-refractivity contribution in [2.75, 3.05) is 4.90 Å². The van der Waals surface area contributed by atoms with Gasteiger partial charge in [-0.25, -0.2) is 0 Å². The average Bonchev–Trinajstić information content (AvgIpc) is 3.30. The fraction of sp³-hybridized carbons (Fsp3) is 0.364. The van der Waals surface area contributed by atoms with Crippen LogP contribution < -0.4 is 4.90 Å². The Balaban J connectivity index is 1.53. The highest BCUT2D eigenvalue weighted by molar-refractivity contribution is 8.00. The van der Waals surface area contributed by atoms with E-state index >= 15 is 0 Å². The molecule has 0 fully saturated rings. The molecule has 0 bridgehead atoms. The van der Waals surface area contributed by atoms with E-state index < -0.39 is 0 Å². The van der Waals surface area contributed by atoms with E-state index in [1.165, 1.54) is 22.9 Å². The zero-order valence-electron chi connectivity index (χ0n) is 17.1. The van der Waals surface area contributed by atoms with Crippen LogP contribution in [0.2, 0.25) is 0 Å². The maximum atomic E-state index is 13.2. The van der Waals surface area contributed by atoms with Crippen molar-refractivity contribution in [2.45, 2.75) is 56.5 Å². The first kappa shape index (κ1) is 19.6. The number of anilines is 1. The molecule has 0 aliphatic carbocycles. The monoisotopic (exact) mass is 407 g/mol. The van der Waals surface area contributed by atoms with Crippen molar-refractivity contribution in [1.82, 2.24) is 20.2 Å². The van der Waals surface area contributed by atoms with Gasteiger partial charge in [0.1, 0.15) is 0 Å². The van der Waals surface area contributed by atoms with Gasteiger partial charge in [0.15, 0.2) is 0 Å². The number of carbonyl (C=O) groups is 1. The SMILES string of the molecule is CC(C)c1ccc(-n2nnnc2S[C@@H](C)C(=O)N2c3ccccc3C[C@H]2C)cc1. The molecule has 4 rings (SSSR count). The lowest BCUT2D eigenvalue weighted by atomic mass is 10.0. The Labute approximate surface area is 175 Å². The number of amides is 1. The summed E-state index contributed by atoms with van der Waals surface area (Å²) in [6.07, 6.45) is 0.888. The third-order valence-electron chi connectivity index (χ3n) is 5.32. The van der Waals surface area contributed by atoms with Crippen molar-refractivity contribution in [3.8, 4) is 5.69 Å². The van der Waals surface area contributed by atoms with Crippen molar-refractivity contribution in [2.24, 2.45) is 0 Å². The van der Waals surface area contributed by atoms with Gasteiger partial charge in [0.2, 0.25) is 11.1 Å². The second kappa shape index (κ2) is 7.99. The number of aromatic nitrogens is 4. The largest absolute Gasteiger partial charge is 0.308 e. The van der Waals surface area contributed by atoms with Gasteiger partial charge in [0, 0.05) is 11.7 Å². The summed E-state index contributed by atoms with van der Waals surface area (Å²) in [6, 6.07) is 16.5. The molecule has 29 heavy (non-hydrogen) atoms. The van der Waals surface area contributed by atoms with Crippen molar-refractivity contribution in [1.29, 1.82) is 0 Å². The minimum atomic E-state index is -0.303. The van der Waals surface area contributed by atoms with Gasteiger partial charge in [-0.2, -0.15) is 4.68 Å². The van der Waals surface area contributed by atoms with Gasteiger partial charge < -0.3 is 4.90 Å². The molecule has 1 amide bonds. The van der Waals surface area contributed by atoms with Crippen LogP contribution in [0.4, 0.5) is 5.69 Å². The molecule has 7 heteroatoms. The second-order valence-electron chi connectivity index (χ2n) is 7.77. The first-order valence-corrected chi connectivity index (χ1v) is 10.8. The highest BCUT2D eigenvalue weighted by atomic mass is 32.2. The number of rotatable bonds is 5. The summed E-state index contributed by atoms with van der Waals surface area (Å²) in [5, 5.41) is 12.4. The Morgan fingerprint density at radius 1 is 1.10 bits per heavy atom. The first-order valence-electron chi connectivity index (χ1n) is 9.92. The first-order chi connectivity index (χ1) is 14.0. The normalized spacial score (nSPS) is 16.9. The zero-order valence-corrected chi connectivity index (χ0v) is 17.9. The highest BCUT2D eigenvalue weighted by Gasteiger charge is 2.34. The van der Waals surface area contributed by atoms with Crippen molar-refractivity contribution in [3.63, 3.8) is 0 Å². The van der Waals surface area contributed by atoms with Crippen LogP contribution in [0, 0.1) is 0 Å². The summed E-state index contributed by atoms with van der Waals surface area (Å²) in [7, 11) is 0. The Morgan fingerprint density at radius 3 is 2.55 bits per heavy atom.